The zero-order valence-electron chi connectivity index (χ0n) is 14.0. The van der Waals surface area contributed by atoms with Crippen molar-refractivity contribution in [2.24, 2.45) is 0 Å². The summed E-state index contributed by atoms with van der Waals surface area (Å²) in [6.45, 7) is 7.67. The number of benzene rings is 1. The number of halogens is 1. The van der Waals surface area contributed by atoms with E-state index in [2.05, 4.69) is 39.0 Å². The molecule has 0 fully saturated rings. The number of rotatable bonds is 11. The van der Waals surface area contributed by atoms with Gasteiger partial charge in [-0.3, -0.25) is 0 Å². The van der Waals surface area contributed by atoms with Gasteiger partial charge in [0.2, 0.25) is 8.32 Å². The van der Waals surface area contributed by atoms with Crippen LogP contribution in [0.5, 0.6) is 0 Å². The van der Waals surface area contributed by atoms with Crippen molar-refractivity contribution < 1.29 is 4.43 Å². The van der Waals surface area contributed by atoms with E-state index in [0.717, 1.165) is 18.1 Å². The molecule has 21 heavy (non-hydrogen) atoms. The second kappa shape index (κ2) is 10.4. The fourth-order valence-electron chi connectivity index (χ4n) is 2.75. The zero-order valence-corrected chi connectivity index (χ0v) is 15.7. The van der Waals surface area contributed by atoms with Crippen LogP contribution in [-0.4, -0.2) is 14.9 Å². The van der Waals surface area contributed by atoms with E-state index in [-0.39, 0.29) is 0 Å². The third kappa shape index (κ3) is 6.13. The molecule has 0 saturated carbocycles. The molecule has 0 aliphatic carbocycles. The fourth-order valence-corrected chi connectivity index (χ4v) is 7.52. The largest absolute Gasteiger partial charge is 0.412 e. The zero-order chi connectivity index (χ0) is 15.6. The van der Waals surface area contributed by atoms with Crippen LogP contribution in [-0.2, 0) is 4.43 Å². The molecule has 1 nitrogen and oxygen atoms in total. The highest BCUT2D eigenvalue weighted by Gasteiger charge is 2.36. The van der Waals surface area contributed by atoms with E-state index in [0.29, 0.717) is 0 Å². The van der Waals surface area contributed by atoms with Crippen LogP contribution in [0.2, 0.25) is 17.1 Å². The predicted molar refractivity (Wildman–Crippen MR) is 97.1 cm³/mol. The van der Waals surface area contributed by atoms with Crippen molar-refractivity contribution in [2.75, 3.05) is 6.61 Å². The van der Waals surface area contributed by atoms with Gasteiger partial charge in [0.15, 0.2) is 0 Å². The second-order valence-corrected chi connectivity index (χ2v) is 10.2. The predicted octanol–water partition coefficient (Wildman–Crippen LogP) is 5.91. The Morgan fingerprint density at radius 1 is 0.952 bits per heavy atom. The summed E-state index contributed by atoms with van der Waals surface area (Å²) < 4.78 is 6.60. The second-order valence-electron chi connectivity index (χ2n) is 5.91. The van der Waals surface area contributed by atoms with Crippen LogP contribution in [0, 0.1) is 0 Å². The van der Waals surface area contributed by atoms with Crippen LogP contribution in [0.1, 0.15) is 59.3 Å². The highest BCUT2D eigenvalue weighted by Crippen LogP contribution is 2.25. The Bertz CT molecular complexity index is 387. The van der Waals surface area contributed by atoms with Crippen molar-refractivity contribution in [1.29, 1.82) is 0 Å². The van der Waals surface area contributed by atoms with E-state index in [1.807, 2.05) is 6.07 Å². The summed E-state index contributed by atoms with van der Waals surface area (Å²) in [7, 11) is -1.87. The third-order valence-corrected chi connectivity index (χ3v) is 8.77. The van der Waals surface area contributed by atoms with Crippen LogP contribution >= 0.6 is 11.6 Å². The molecule has 0 radical (unpaired) electrons. The molecule has 0 aromatic heterocycles. The van der Waals surface area contributed by atoms with Gasteiger partial charge >= 0.3 is 0 Å². The SMILES string of the molecule is CCCCO[Si](CCCC)(CCCC)c1cccc(Cl)c1. The number of hydrogen-bond acceptors (Lipinski definition) is 1. The van der Waals surface area contributed by atoms with Gasteiger partial charge in [-0.1, -0.05) is 76.6 Å². The summed E-state index contributed by atoms with van der Waals surface area (Å²) >= 11 is 6.25. The molecule has 0 N–H and O–H groups in total. The number of unbranched alkanes of at least 4 members (excludes halogenated alkanes) is 3. The highest BCUT2D eigenvalue weighted by atomic mass is 35.5. The van der Waals surface area contributed by atoms with Gasteiger partial charge in [-0.05, 0) is 35.8 Å². The van der Waals surface area contributed by atoms with Crippen LogP contribution in [0.3, 0.4) is 0 Å². The first kappa shape index (κ1) is 18.7. The lowest BCUT2D eigenvalue weighted by Crippen LogP contribution is -2.51. The molecule has 0 atom stereocenters. The molecule has 0 aliphatic rings. The molecule has 120 valence electrons. The molecule has 3 heteroatoms. The van der Waals surface area contributed by atoms with Crippen molar-refractivity contribution >= 4 is 25.1 Å². The fraction of sp³-hybridized carbons (Fsp3) is 0.667. The van der Waals surface area contributed by atoms with Crippen molar-refractivity contribution in [1.82, 2.24) is 0 Å². The van der Waals surface area contributed by atoms with Crippen molar-refractivity contribution in [3.05, 3.63) is 29.3 Å². The van der Waals surface area contributed by atoms with Crippen LogP contribution < -0.4 is 5.19 Å². The van der Waals surface area contributed by atoms with E-state index in [1.165, 1.54) is 49.4 Å². The summed E-state index contributed by atoms with van der Waals surface area (Å²) in [5, 5.41) is 2.24. The minimum Gasteiger partial charge on any atom is -0.412 e. The number of hydrogen-bond donors (Lipinski definition) is 0. The monoisotopic (exact) mass is 326 g/mol. The van der Waals surface area contributed by atoms with Crippen molar-refractivity contribution in [2.45, 2.75) is 71.4 Å². The van der Waals surface area contributed by atoms with Crippen LogP contribution in [0.25, 0.3) is 0 Å². The van der Waals surface area contributed by atoms with E-state index < -0.39 is 8.32 Å². The first-order valence-corrected chi connectivity index (χ1v) is 11.3. The quantitative estimate of drug-likeness (QED) is 0.363. The Morgan fingerprint density at radius 2 is 1.57 bits per heavy atom. The summed E-state index contributed by atoms with van der Waals surface area (Å²) in [5.41, 5.74) is 0. The summed E-state index contributed by atoms with van der Waals surface area (Å²) in [6, 6.07) is 10.9. The van der Waals surface area contributed by atoms with Gasteiger partial charge in [-0.25, -0.2) is 0 Å². The van der Waals surface area contributed by atoms with Gasteiger partial charge in [0, 0.05) is 11.6 Å². The average molecular weight is 327 g/mol. The van der Waals surface area contributed by atoms with Gasteiger partial charge in [0.05, 0.1) is 0 Å². The molecule has 0 saturated heterocycles. The minimum absolute atomic E-state index is 0.844. The van der Waals surface area contributed by atoms with Crippen LogP contribution in [0.4, 0.5) is 0 Å². The molecule has 1 rings (SSSR count). The van der Waals surface area contributed by atoms with Crippen molar-refractivity contribution in [3.63, 3.8) is 0 Å². The Kier molecular flexibility index (Phi) is 9.30. The molecule has 0 spiro atoms. The standard InChI is InChI=1S/C18H31ClOSi/c1-4-7-13-20-21(14-8-5-2,15-9-6-3)18-12-10-11-17(19)16-18/h10-12,16H,4-9,13-15H2,1-3H3. The average Bonchev–Trinajstić information content (AvgIpc) is 2.50. The lowest BCUT2D eigenvalue weighted by Gasteiger charge is -2.32. The summed E-state index contributed by atoms with van der Waals surface area (Å²) in [6.07, 6.45) is 7.34. The Labute approximate surface area is 137 Å². The van der Waals surface area contributed by atoms with Gasteiger partial charge in [0.1, 0.15) is 0 Å². The molecule has 1 aromatic rings. The highest BCUT2D eigenvalue weighted by molar-refractivity contribution is 6.86. The Hall–Kier alpha value is -0.313. The smallest absolute Gasteiger partial charge is 0.224 e. The van der Waals surface area contributed by atoms with E-state index in [4.69, 9.17) is 16.0 Å². The third-order valence-electron chi connectivity index (χ3n) is 4.10. The molecular formula is C18H31ClOSi. The molecule has 0 bridgehead atoms. The topological polar surface area (TPSA) is 9.23 Å². The molecule has 0 amide bonds. The van der Waals surface area contributed by atoms with Gasteiger partial charge in [-0.2, -0.15) is 0 Å². The normalized spacial score (nSPS) is 11.8. The van der Waals surface area contributed by atoms with E-state index in [1.54, 1.807) is 0 Å². The van der Waals surface area contributed by atoms with Gasteiger partial charge in [0.25, 0.3) is 0 Å². The first-order chi connectivity index (χ1) is 10.2. The molecular weight excluding hydrogens is 296 g/mol. The molecule has 0 aliphatic heterocycles. The maximum atomic E-state index is 6.60. The molecule has 0 unspecified atom stereocenters. The summed E-state index contributed by atoms with van der Waals surface area (Å²) in [5.74, 6) is 0. The summed E-state index contributed by atoms with van der Waals surface area (Å²) in [4.78, 5) is 0. The maximum absolute atomic E-state index is 6.60. The Balaban J connectivity index is 3.01. The lowest BCUT2D eigenvalue weighted by atomic mass is 10.4. The minimum atomic E-state index is -1.87. The van der Waals surface area contributed by atoms with Crippen molar-refractivity contribution in [3.8, 4) is 0 Å². The van der Waals surface area contributed by atoms with E-state index >= 15 is 0 Å². The van der Waals surface area contributed by atoms with Crippen LogP contribution in [0.15, 0.2) is 24.3 Å². The Morgan fingerprint density at radius 3 is 2.10 bits per heavy atom. The van der Waals surface area contributed by atoms with Gasteiger partial charge in [-0.15, -0.1) is 0 Å². The molecule has 0 heterocycles. The lowest BCUT2D eigenvalue weighted by molar-refractivity contribution is 0.296. The first-order valence-electron chi connectivity index (χ1n) is 8.58. The van der Waals surface area contributed by atoms with Gasteiger partial charge < -0.3 is 4.43 Å². The maximum Gasteiger partial charge on any atom is 0.224 e. The molecule has 1 aromatic carbocycles. The van der Waals surface area contributed by atoms with E-state index in [9.17, 15) is 0 Å².